The number of aromatic amines is 1. The van der Waals surface area contributed by atoms with Gasteiger partial charge in [-0.2, -0.15) is 10.2 Å². The number of ether oxygens (including phenoxy) is 2. The summed E-state index contributed by atoms with van der Waals surface area (Å²) in [5.41, 5.74) is 1.17. The first kappa shape index (κ1) is 19.6. The second-order valence-electron chi connectivity index (χ2n) is 6.83. The van der Waals surface area contributed by atoms with Crippen LogP contribution < -0.4 is 10.6 Å². The van der Waals surface area contributed by atoms with Crippen LogP contribution in [-0.4, -0.2) is 55.8 Å². The average Bonchev–Trinajstić information content (AvgIpc) is 3.38. The number of hydrogen-bond acceptors (Lipinski definition) is 7. The average molecular weight is 468 g/mol. The Morgan fingerprint density at radius 3 is 3.14 bits per heavy atom. The minimum Gasteiger partial charge on any atom is -0.441 e. The van der Waals surface area contributed by atoms with Gasteiger partial charge in [0.25, 0.3) is 0 Å². The number of nitrogens with one attached hydrogen (secondary N) is 3. The molecule has 3 atom stereocenters. The first-order valence-electron chi connectivity index (χ1n) is 8.95. The molecule has 3 aromatic rings. The summed E-state index contributed by atoms with van der Waals surface area (Å²) in [5.74, 6) is 0.982. The van der Waals surface area contributed by atoms with E-state index < -0.39 is 24.5 Å². The number of fused-ring (bicyclic) bond motifs is 1. The maximum absolute atomic E-state index is 14.8. The number of alkyl carbamates (subject to hydrolysis) is 1. The third kappa shape index (κ3) is 4.03. The predicted octanol–water partition coefficient (Wildman–Crippen LogP) is 2.87. The van der Waals surface area contributed by atoms with Crippen molar-refractivity contribution >= 4 is 39.2 Å². The van der Waals surface area contributed by atoms with Gasteiger partial charge in [0.1, 0.15) is 16.2 Å². The fraction of sp³-hybridized carbons (Fsp3) is 0.412. The lowest BCUT2D eigenvalue weighted by Gasteiger charge is -2.16. The highest BCUT2D eigenvalue weighted by atomic mass is 79.9. The molecule has 0 spiro atoms. The number of alkyl halides is 1. The number of aromatic nitrogens is 5. The highest BCUT2D eigenvalue weighted by Gasteiger charge is 2.42. The van der Waals surface area contributed by atoms with Gasteiger partial charge in [-0.25, -0.2) is 18.7 Å². The second kappa shape index (κ2) is 7.95. The van der Waals surface area contributed by atoms with Gasteiger partial charge in [0.2, 0.25) is 0 Å². The van der Waals surface area contributed by atoms with Gasteiger partial charge < -0.3 is 20.1 Å². The minimum atomic E-state index is -1.52. The summed E-state index contributed by atoms with van der Waals surface area (Å²) in [5, 5.41) is 16.7. The molecule has 1 aliphatic rings. The Morgan fingerprint density at radius 2 is 2.34 bits per heavy atom. The molecule has 1 amide bonds. The monoisotopic (exact) mass is 467 g/mol. The Morgan fingerprint density at radius 1 is 1.52 bits per heavy atom. The quantitative estimate of drug-likeness (QED) is 0.527. The van der Waals surface area contributed by atoms with E-state index in [0.717, 1.165) is 5.52 Å². The fourth-order valence-corrected chi connectivity index (χ4v) is 3.39. The standard InChI is InChI=1S/C17H19BrFN7O3/c1-8(2)22-17(27)29-11-7-28-15(14(11)19)9-5-13(25-24-9)23-16-10-3-4-21-26(10)12(18)6-20-16/h3-6,8,11,14-15H,7H2,1-2H3,(H,22,27)(H2,20,23,24,25)/t11-,14+,15-/m0/s1. The van der Waals surface area contributed by atoms with Gasteiger partial charge in [-0.15, -0.1) is 0 Å². The minimum absolute atomic E-state index is 0.0379. The van der Waals surface area contributed by atoms with E-state index in [-0.39, 0.29) is 12.6 Å². The fourth-order valence-electron chi connectivity index (χ4n) is 3.00. The summed E-state index contributed by atoms with van der Waals surface area (Å²) in [6.45, 7) is 3.54. The van der Waals surface area contributed by atoms with Crippen LogP contribution in [0.5, 0.6) is 0 Å². The van der Waals surface area contributed by atoms with Crippen LogP contribution in [0.15, 0.2) is 29.1 Å². The summed E-state index contributed by atoms with van der Waals surface area (Å²) >= 11 is 3.38. The largest absolute Gasteiger partial charge is 0.441 e. The van der Waals surface area contributed by atoms with E-state index in [1.807, 2.05) is 0 Å². The molecule has 1 aliphatic heterocycles. The molecule has 4 rings (SSSR count). The maximum Gasteiger partial charge on any atom is 0.407 e. The van der Waals surface area contributed by atoms with Crippen LogP contribution in [0.4, 0.5) is 20.8 Å². The van der Waals surface area contributed by atoms with E-state index in [4.69, 9.17) is 9.47 Å². The van der Waals surface area contributed by atoms with Crippen LogP contribution in [0.1, 0.15) is 25.6 Å². The lowest BCUT2D eigenvalue weighted by Crippen LogP contribution is -2.36. The van der Waals surface area contributed by atoms with Crippen molar-refractivity contribution in [2.75, 3.05) is 11.9 Å². The zero-order chi connectivity index (χ0) is 20.5. The van der Waals surface area contributed by atoms with Crippen LogP contribution in [0.2, 0.25) is 0 Å². The molecular weight excluding hydrogens is 449 g/mol. The molecule has 0 aromatic carbocycles. The molecule has 0 saturated carbocycles. The van der Waals surface area contributed by atoms with Gasteiger partial charge in [0.15, 0.2) is 23.9 Å². The molecule has 4 heterocycles. The number of carbonyl (C=O) groups is 1. The van der Waals surface area contributed by atoms with Crippen molar-refractivity contribution in [3.63, 3.8) is 0 Å². The Hall–Kier alpha value is -2.73. The maximum atomic E-state index is 14.8. The highest BCUT2D eigenvalue weighted by molar-refractivity contribution is 9.10. The number of amides is 1. The van der Waals surface area contributed by atoms with Crippen molar-refractivity contribution < 1.29 is 18.7 Å². The molecule has 12 heteroatoms. The van der Waals surface area contributed by atoms with Crippen molar-refractivity contribution in [2.45, 2.75) is 38.3 Å². The van der Waals surface area contributed by atoms with Crippen LogP contribution in [-0.2, 0) is 9.47 Å². The molecule has 1 fully saturated rings. The first-order valence-corrected chi connectivity index (χ1v) is 9.75. The molecule has 3 N–H and O–H groups in total. The molecule has 10 nitrogen and oxygen atoms in total. The number of nitrogens with zero attached hydrogens (tertiary/aromatic N) is 4. The van der Waals surface area contributed by atoms with E-state index in [0.29, 0.717) is 21.9 Å². The SMILES string of the molecule is CC(C)NC(=O)O[C@H]1CO[C@@H](c2cc(Nc3ncc(Br)n4nccc34)n[nH]2)[C@@H]1F. The lowest BCUT2D eigenvalue weighted by atomic mass is 10.1. The normalized spacial score (nSPS) is 21.6. The van der Waals surface area contributed by atoms with Gasteiger partial charge in [0.05, 0.1) is 24.7 Å². The van der Waals surface area contributed by atoms with Crippen LogP contribution >= 0.6 is 15.9 Å². The summed E-state index contributed by atoms with van der Waals surface area (Å²) in [6.07, 6.45) is -0.833. The third-order valence-electron chi connectivity index (χ3n) is 4.29. The van der Waals surface area contributed by atoms with Crippen molar-refractivity contribution in [1.29, 1.82) is 0 Å². The molecule has 0 bridgehead atoms. The van der Waals surface area contributed by atoms with E-state index in [9.17, 15) is 9.18 Å². The zero-order valence-corrected chi connectivity index (χ0v) is 17.2. The van der Waals surface area contributed by atoms with E-state index in [2.05, 4.69) is 46.8 Å². The zero-order valence-electron chi connectivity index (χ0n) is 15.6. The number of rotatable bonds is 5. The van der Waals surface area contributed by atoms with Crippen LogP contribution in [0.3, 0.4) is 0 Å². The Bertz CT molecular complexity index is 1020. The third-order valence-corrected chi connectivity index (χ3v) is 4.83. The molecule has 154 valence electrons. The summed E-state index contributed by atoms with van der Waals surface area (Å²) in [6, 6.07) is 3.33. The van der Waals surface area contributed by atoms with Gasteiger partial charge in [-0.1, -0.05) is 0 Å². The number of hydrogen-bond donors (Lipinski definition) is 3. The van der Waals surface area contributed by atoms with E-state index >= 15 is 0 Å². The molecular formula is C17H19BrFN7O3. The number of anilines is 2. The topological polar surface area (TPSA) is 118 Å². The van der Waals surface area contributed by atoms with Crippen molar-refractivity contribution in [2.24, 2.45) is 0 Å². The van der Waals surface area contributed by atoms with Gasteiger partial charge >= 0.3 is 6.09 Å². The van der Waals surface area contributed by atoms with Gasteiger partial charge in [0, 0.05) is 12.1 Å². The van der Waals surface area contributed by atoms with Crippen molar-refractivity contribution in [1.82, 2.24) is 30.1 Å². The molecule has 0 aliphatic carbocycles. The number of halogens is 2. The molecule has 1 saturated heterocycles. The Balaban J connectivity index is 1.44. The van der Waals surface area contributed by atoms with Crippen molar-refractivity contribution in [3.8, 4) is 0 Å². The number of H-pyrrole nitrogens is 1. The van der Waals surface area contributed by atoms with Crippen LogP contribution in [0, 0.1) is 0 Å². The van der Waals surface area contributed by atoms with Crippen molar-refractivity contribution in [3.05, 3.63) is 34.8 Å². The molecule has 0 radical (unpaired) electrons. The summed E-state index contributed by atoms with van der Waals surface area (Å²) in [4.78, 5) is 16.0. The van der Waals surface area contributed by atoms with Crippen LogP contribution in [0.25, 0.3) is 5.52 Å². The van der Waals surface area contributed by atoms with Gasteiger partial charge in [-0.3, -0.25) is 5.10 Å². The molecule has 3 aromatic heterocycles. The second-order valence-corrected chi connectivity index (χ2v) is 7.64. The Labute approximate surface area is 173 Å². The van der Waals surface area contributed by atoms with E-state index in [1.54, 1.807) is 42.9 Å². The van der Waals surface area contributed by atoms with E-state index in [1.165, 1.54) is 0 Å². The lowest BCUT2D eigenvalue weighted by molar-refractivity contribution is 0.0615. The Kier molecular flexibility index (Phi) is 5.37. The number of carbonyl (C=O) groups excluding carboxylic acids is 1. The summed E-state index contributed by atoms with van der Waals surface area (Å²) < 4.78 is 27.7. The molecule has 29 heavy (non-hydrogen) atoms. The first-order chi connectivity index (χ1) is 13.9. The smallest absolute Gasteiger partial charge is 0.407 e. The highest BCUT2D eigenvalue weighted by Crippen LogP contribution is 2.33. The predicted molar refractivity (Wildman–Crippen MR) is 105 cm³/mol. The molecule has 0 unspecified atom stereocenters. The summed E-state index contributed by atoms with van der Waals surface area (Å²) in [7, 11) is 0. The van der Waals surface area contributed by atoms with Gasteiger partial charge in [-0.05, 0) is 35.8 Å².